The second kappa shape index (κ2) is 5.32. The van der Waals surface area contributed by atoms with E-state index < -0.39 is 0 Å². The number of hydrogen-bond donors (Lipinski definition) is 1. The van der Waals surface area contributed by atoms with Gasteiger partial charge in [0.25, 0.3) is 0 Å². The fraction of sp³-hybridized carbons (Fsp3) is 0.312. The van der Waals surface area contributed by atoms with Gasteiger partial charge in [-0.05, 0) is 43.0 Å². The number of aromatic nitrogens is 1. The molecule has 0 aliphatic heterocycles. The van der Waals surface area contributed by atoms with Gasteiger partial charge in [0.2, 0.25) is 0 Å². The van der Waals surface area contributed by atoms with Gasteiger partial charge in [0.15, 0.2) is 0 Å². The smallest absolute Gasteiger partial charge is 0.0731 e. The molecule has 94 valence electrons. The lowest BCUT2D eigenvalue weighted by Gasteiger charge is -2.17. The molecule has 2 nitrogen and oxygen atoms in total. The van der Waals surface area contributed by atoms with Crippen molar-refractivity contribution in [3.05, 3.63) is 64.5 Å². The zero-order valence-electron chi connectivity index (χ0n) is 11.3. The summed E-state index contributed by atoms with van der Waals surface area (Å²) < 4.78 is 0. The Balaban J connectivity index is 2.47. The van der Waals surface area contributed by atoms with E-state index in [1.807, 2.05) is 12.3 Å². The van der Waals surface area contributed by atoms with Gasteiger partial charge in [-0.2, -0.15) is 0 Å². The minimum atomic E-state index is -0.138. The van der Waals surface area contributed by atoms with Crippen LogP contribution < -0.4 is 5.73 Å². The Kier molecular flexibility index (Phi) is 3.78. The van der Waals surface area contributed by atoms with Crippen molar-refractivity contribution < 1.29 is 0 Å². The molecule has 0 bridgehead atoms. The minimum absolute atomic E-state index is 0.138. The molecule has 0 aliphatic rings. The summed E-state index contributed by atoms with van der Waals surface area (Å²) in [7, 11) is 0. The largest absolute Gasteiger partial charge is 0.319 e. The first kappa shape index (κ1) is 12.8. The standard InChI is InChI=1S/C16H20N2/c1-4-13-6-5-9-18-16(13)15(17)14-10-11(2)7-8-12(14)3/h5-10,15H,4,17H2,1-3H3. The second-order valence-corrected chi connectivity index (χ2v) is 4.74. The van der Waals surface area contributed by atoms with Crippen LogP contribution in [0.25, 0.3) is 0 Å². The number of aryl methyl sites for hydroxylation is 3. The average Bonchev–Trinajstić information content (AvgIpc) is 2.40. The topological polar surface area (TPSA) is 38.9 Å². The molecule has 1 aromatic heterocycles. The van der Waals surface area contributed by atoms with E-state index in [4.69, 9.17) is 5.73 Å². The lowest BCUT2D eigenvalue weighted by molar-refractivity contribution is 0.798. The molecule has 0 aliphatic carbocycles. The average molecular weight is 240 g/mol. The van der Waals surface area contributed by atoms with Crippen LogP contribution in [0.4, 0.5) is 0 Å². The maximum Gasteiger partial charge on any atom is 0.0731 e. The Morgan fingerprint density at radius 3 is 2.72 bits per heavy atom. The van der Waals surface area contributed by atoms with Crippen molar-refractivity contribution in [2.24, 2.45) is 5.73 Å². The van der Waals surface area contributed by atoms with E-state index >= 15 is 0 Å². The van der Waals surface area contributed by atoms with E-state index in [1.165, 1.54) is 22.3 Å². The van der Waals surface area contributed by atoms with Gasteiger partial charge in [-0.3, -0.25) is 4.98 Å². The molecule has 0 radical (unpaired) electrons. The van der Waals surface area contributed by atoms with E-state index in [0.717, 1.165) is 12.1 Å². The van der Waals surface area contributed by atoms with Gasteiger partial charge < -0.3 is 5.73 Å². The van der Waals surface area contributed by atoms with Gasteiger partial charge in [-0.15, -0.1) is 0 Å². The first-order valence-electron chi connectivity index (χ1n) is 6.40. The first-order valence-corrected chi connectivity index (χ1v) is 6.40. The first-order chi connectivity index (χ1) is 8.63. The lowest BCUT2D eigenvalue weighted by atomic mass is 9.94. The number of nitrogens with zero attached hydrogens (tertiary/aromatic N) is 1. The fourth-order valence-corrected chi connectivity index (χ4v) is 2.27. The number of pyridine rings is 1. The summed E-state index contributed by atoms with van der Waals surface area (Å²) >= 11 is 0. The van der Waals surface area contributed by atoms with E-state index in [-0.39, 0.29) is 6.04 Å². The highest BCUT2D eigenvalue weighted by molar-refractivity contribution is 5.39. The van der Waals surface area contributed by atoms with Crippen LogP contribution >= 0.6 is 0 Å². The quantitative estimate of drug-likeness (QED) is 0.894. The molecule has 2 N–H and O–H groups in total. The lowest BCUT2D eigenvalue weighted by Crippen LogP contribution is -2.17. The van der Waals surface area contributed by atoms with Gasteiger partial charge >= 0.3 is 0 Å². The Morgan fingerprint density at radius 2 is 2.00 bits per heavy atom. The van der Waals surface area contributed by atoms with E-state index in [2.05, 4.69) is 50.0 Å². The number of hydrogen-bond acceptors (Lipinski definition) is 2. The van der Waals surface area contributed by atoms with Crippen molar-refractivity contribution >= 4 is 0 Å². The second-order valence-electron chi connectivity index (χ2n) is 4.74. The van der Waals surface area contributed by atoms with Crippen LogP contribution in [0, 0.1) is 13.8 Å². The summed E-state index contributed by atoms with van der Waals surface area (Å²) in [6.07, 6.45) is 2.78. The molecule has 1 heterocycles. The Morgan fingerprint density at radius 1 is 1.22 bits per heavy atom. The molecule has 2 heteroatoms. The highest BCUT2D eigenvalue weighted by atomic mass is 14.8. The minimum Gasteiger partial charge on any atom is -0.319 e. The molecule has 0 saturated carbocycles. The van der Waals surface area contributed by atoms with E-state index in [1.54, 1.807) is 0 Å². The van der Waals surface area contributed by atoms with Crippen LogP contribution in [0.15, 0.2) is 36.5 Å². The van der Waals surface area contributed by atoms with Gasteiger partial charge in [0.05, 0.1) is 11.7 Å². The molecule has 1 atom stereocenters. The maximum absolute atomic E-state index is 6.40. The van der Waals surface area contributed by atoms with Crippen molar-refractivity contribution in [3.63, 3.8) is 0 Å². The van der Waals surface area contributed by atoms with Crippen molar-refractivity contribution in [3.8, 4) is 0 Å². The Hall–Kier alpha value is -1.67. The summed E-state index contributed by atoms with van der Waals surface area (Å²) in [4.78, 5) is 4.47. The molecule has 0 fully saturated rings. The van der Waals surface area contributed by atoms with Crippen molar-refractivity contribution in [1.82, 2.24) is 4.98 Å². The van der Waals surface area contributed by atoms with Gasteiger partial charge in [0, 0.05) is 6.20 Å². The predicted octanol–water partition coefficient (Wildman–Crippen LogP) is 3.31. The van der Waals surface area contributed by atoms with Gasteiger partial charge in [-0.25, -0.2) is 0 Å². The van der Waals surface area contributed by atoms with Gasteiger partial charge in [-0.1, -0.05) is 36.8 Å². The molecular weight excluding hydrogens is 220 g/mol. The van der Waals surface area contributed by atoms with E-state index in [0.29, 0.717) is 0 Å². The van der Waals surface area contributed by atoms with Crippen LogP contribution in [0.5, 0.6) is 0 Å². The Labute approximate surface area is 109 Å². The maximum atomic E-state index is 6.40. The van der Waals surface area contributed by atoms with Crippen LogP contribution in [-0.2, 0) is 6.42 Å². The molecule has 1 unspecified atom stereocenters. The van der Waals surface area contributed by atoms with Crippen molar-refractivity contribution in [1.29, 1.82) is 0 Å². The highest BCUT2D eigenvalue weighted by Crippen LogP contribution is 2.24. The van der Waals surface area contributed by atoms with Crippen LogP contribution in [0.3, 0.4) is 0 Å². The molecule has 18 heavy (non-hydrogen) atoms. The summed E-state index contributed by atoms with van der Waals surface area (Å²) in [5.74, 6) is 0. The number of rotatable bonds is 3. The zero-order valence-corrected chi connectivity index (χ0v) is 11.3. The number of benzene rings is 1. The van der Waals surface area contributed by atoms with Crippen LogP contribution in [0.2, 0.25) is 0 Å². The third-order valence-corrected chi connectivity index (χ3v) is 3.37. The van der Waals surface area contributed by atoms with Crippen LogP contribution in [0.1, 0.15) is 40.9 Å². The predicted molar refractivity (Wildman–Crippen MR) is 75.6 cm³/mol. The molecule has 1 aromatic carbocycles. The van der Waals surface area contributed by atoms with Crippen molar-refractivity contribution in [2.45, 2.75) is 33.2 Å². The van der Waals surface area contributed by atoms with Gasteiger partial charge in [0.1, 0.15) is 0 Å². The summed E-state index contributed by atoms with van der Waals surface area (Å²) in [6, 6.07) is 10.3. The zero-order chi connectivity index (χ0) is 13.1. The highest BCUT2D eigenvalue weighted by Gasteiger charge is 2.15. The SMILES string of the molecule is CCc1cccnc1C(N)c1cc(C)ccc1C. The number of nitrogens with two attached hydrogens (primary N) is 1. The summed E-state index contributed by atoms with van der Waals surface area (Å²) in [6.45, 7) is 6.33. The molecule has 2 rings (SSSR count). The fourth-order valence-electron chi connectivity index (χ4n) is 2.27. The van der Waals surface area contributed by atoms with Crippen molar-refractivity contribution in [2.75, 3.05) is 0 Å². The molecule has 0 amide bonds. The summed E-state index contributed by atoms with van der Waals surface area (Å²) in [5.41, 5.74) is 12.3. The summed E-state index contributed by atoms with van der Waals surface area (Å²) in [5, 5.41) is 0. The monoisotopic (exact) mass is 240 g/mol. The van der Waals surface area contributed by atoms with Crippen LogP contribution in [-0.4, -0.2) is 4.98 Å². The normalized spacial score (nSPS) is 12.4. The molecule has 0 spiro atoms. The third-order valence-electron chi connectivity index (χ3n) is 3.37. The third kappa shape index (κ3) is 2.44. The Bertz CT molecular complexity index is 547. The molecular formula is C16H20N2. The molecule has 2 aromatic rings. The molecule has 0 saturated heterocycles. The van der Waals surface area contributed by atoms with E-state index in [9.17, 15) is 0 Å².